The maximum atomic E-state index is 13.4. The zero-order valence-electron chi connectivity index (χ0n) is 9.09. The van der Waals surface area contributed by atoms with Crippen molar-refractivity contribution in [2.24, 2.45) is 0 Å². The first-order valence-electron chi connectivity index (χ1n) is 5.07. The van der Waals surface area contributed by atoms with Gasteiger partial charge in [0, 0.05) is 15.9 Å². The largest absolute Gasteiger partial charge is 0.454 e. The number of rotatable bonds is 3. The lowest BCUT2D eigenvalue weighted by Crippen LogP contribution is -1.90. The van der Waals surface area contributed by atoms with Crippen LogP contribution in [0.3, 0.4) is 0 Å². The monoisotopic (exact) mass is 376 g/mol. The Kier molecular flexibility index (Phi) is 4.35. The van der Waals surface area contributed by atoms with Gasteiger partial charge < -0.3 is 4.74 Å². The van der Waals surface area contributed by atoms with Crippen molar-refractivity contribution in [3.8, 4) is 11.5 Å². The van der Waals surface area contributed by atoms with Crippen molar-refractivity contribution in [3.63, 3.8) is 0 Å². The Bertz CT molecular complexity index is 573. The second kappa shape index (κ2) is 5.80. The van der Waals surface area contributed by atoms with Crippen molar-refractivity contribution in [2.75, 3.05) is 0 Å². The Labute approximate surface area is 120 Å². The predicted octanol–water partition coefficient (Wildman–Crippen LogP) is 5.41. The Morgan fingerprint density at radius 2 is 1.83 bits per heavy atom. The highest BCUT2D eigenvalue weighted by Gasteiger charge is 2.07. The Hall–Kier alpha value is -0.940. The highest BCUT2D eigenvalue weighted by Crippen LogP contribution is 2.29. The second-order valence-corrected chi connectivity index (χ2v) is 4.98. The summed E-state index contributed by atoms with van der Waals surface area (Å²) in [5.74, 6) is -0.829. The average molecular weight is 378 g/mol. The van der Waals surface area contributed by atoms with Crippen molar-refractivity contribution >= 4 is 31.9 Å². The Morgan fingerprint density at radius 3 is 2.50 bits per heavy atom. The zero-order chi connectivity index (χ0) is 13.1. The van der Waals surface area contributed by atoms with Crippen LogP contribution in [0.1, 0.15) is 5.56 Å². The molecule has 0 bridgehead atoms. The highest BCUT2D eigenvalue weighted by atomic mass is 79.9. The van der Waals surface area contributed by atoms with Crippen LogP contribution in [0.15, 0.2) is 40.9 Å². The van der Waals surface area contributed by atoms with Crippen molar-refractivity contribution in [1.29, 1.82) is 0 Å². The van der Waals surface area contributed by atoms with E-state index in [2.05, 4.69) is 31.9 Å². The number of benzene rings is 2. The molecule has 0 aliphatic rings. The first-order valence-corrected chi connectivity index (χ1v) is 6.99. The standard InChI is InChI=1S/C13H8Br2F2O/c14-7-8-1-3-10(6-11(8)15)18-13-5-9(16)2-4-12(13)17/h1-6H,7H2. The van der Waals surface area contributed by atoms with E-state index >= 15 is 0 Å². The molecule has 18 heavy (non-hydrogen) atoms. The van der Waals surface area contributed by atoms with Crippen LogP contribution in [0.25, 0.3) is 0 Å². The molecule has 1 nitrogen and oxygen atoms in total. The minimum Gasteiger partial charge on any atom is -0.454 e. The van der Waals surface area contributed by atoms with Crippen LogP contribution in [0, 0.1) is 11.6 Å². The van der Waals surface area contributed by atoms with Gasteiger partial charge in [0.1, 0.15) is 11.6 Å². The van der Waals surface area contributed by atoms with Crippen molar-refractivity contribution in [3.05, 3.63) is 58.1 Å². The summed E-state index contributed by atoms with van der Waals surface area (Å²) in [6.45, 7) is 0. The molecule has 0 fully saturated rings. The summed E-state index contributed by atoms with van der Waals surface area (Å²) in [6.07, 6.45) is 0. The lowest BCUT2D eigenvalue weighted by atomic mass is 10.2. The molecule has 0 amide bonds. The number of hydrogen-bond donors (Lipinski definition) is 0. The van der Waals surface area contributed by atoms with E-state index in [4.69, 9.17) is 4.74 Å². The first kappa shape index (κ1) is 13.5. The molecule has 0 radical (unpaired) electrons. The van der Waals surface area contributed by atoms with Gasteiger partial charge >= 0.3 is 0 Å². The van der Waals surface area contributed by atoms with Crippen molar-refractivity contribution in [1.82, 2.24) is 0 Å². The van der Waals surface area contributed by atoms with E-state index in [1.807, 2.05) is 6.07 Å². The minimum atomic E-state index is -0.600. The molecule has 0 saturated carbocycles. The molecule has 0 aromatic heterocycles. The molecule has 0 aliphatic carbocycles. The molecule has 2 aromatic carbocycles. The lowest BCUT2D eigenvalue weighted by molar-refractivity contribution is 0.436. The molecule has 0 aliphatic heterocycles. The van der Waals surface area contributed by atoms with Crippen LogP contribution in [-0.2, 0) is 5.33 Å². The van der Waals surface area contributed by atoms with E-state index in [0.717, 1.165) is 28.2 Å². The molecule has 0 atom stereocenters. The molecule has 0 spiro atoms. The summed E-state index contributed by atoms with van der Waals surface area (Å²) in [5.41, 5.74) is 1.04. The van der Waals surface area contributed by atoms with Gasteiger partial charge in [-0.15, -0.1) is 0 Å². The van der Waals surface area contributed by atoms with Gasteiger partial charge in [0.2, 0.25) is 0 Å². The molecule has 94 valence electrons. The molecular formula is C13H8Br2F2O. The van der Waals surface area contributed by atoms with Gasteiger partial charge in [-0.05, 0) is 29.8 Å². The molecule has 2 aromatic rings. The Balaban J connectivity index is 2.28. The summed E-state index contributed by atoms with van der Waals surface area (Å²) in [7, 11) is 0. The van der Waals surface area contributed by atoms with Crippen LogP contribution in [0.4, 0.5) is 8.78 Å². The molecular weight excluding hydrogens is 370 g/mol. The van der Waals surface area contributed by atoms with Gasteiger partial charge in [0.05, 0.1) is 0 Å². The van der Waals surface area contributed by atoms with Crippen LogP contribution < -0.4 is 4.74 Å². The molecule has 0 unspecified atom stereocenters. The lowest BCUT2D eigenvalue weighted by Gasteiger charge is -2.08. The van der Waals surface area contributed by atoms with E-state index in [-0.39, 0.29) is 5.75 Å². The molecule has 0 saturated heterocycles. The van der Waals surface area contributed by atoms with E-state index in [1.165, 1.54) is 0 Å². The van der Waals surface area contributed by atoms with E-state index < -0.39 is 11.6 Å². The summed E-state index contributed by atoms with van der Waals surface area (Å²) in [6, 6.07) is 8.35. The topological polar surface area (TPSA) is 9.23 Å². The quantitative estimate of drug-likeness (QED) is 0.649. The maximum Gasteiger partial charge on any atom is 0.165 e. The van der Waals surface area contributed by atoms with Crippen LogP contribution >= 0.6 is 31.9 Å². The molecule has 0 N–H and O–H groups in total. The normalized spacial score (nSPS) is 10.4. The van der Waals surface area contributed by atoms with E-state index in [9.17, 15) is 8.78 Å². The predicted molar refractivity (Wildman–Crippen MR) is 73.2 cm³/mol. The number of halogens is 4. The molecule has 0 heterocycles. The number of ether oxygens (including phenoxy) is 1. The third-order valence-corrected chi connectivity index (χ3v) is 3.63. The number of hydrogen-bond acceptors (Lipinski definition) is 1. The SMILES string of the molecule is Fc1ccc(F)c(Oc2ccc(CBr)c(Br)c2)c1. The smallest absolute Gasteiger partial charge is 0.165 e. The molecule has 2 rings (SSSR count). The van der Waals surface area contributed by atoms with Gasteiger partial charge in [-0.3, -0.25) is 0 Å². The van der Waals surface area contributed by atoms with Gasteiger partial charge in [-0.2, -0.15) is 0 Å². The highest BCUT2D eigenvalue weighted by molar-refractivity contribution is 9.10. The fourth-order valence-electron chi connectivity index (χ4n) is 1.38. The van der Waals surface area contributed by atoms with Gasteiger partial charge in [0.15, 0.2) is 11.6 Å². The van der Waals surface area contributed by atoms with Crippen molar-refractivity contribution < 1.29 is 13.5 Å². The fraction of sp³-hybridized carbons (Fsp3) is 0.0769. The third-order valence-electron chi connectivity index (χ3n) is 2.29. The fourth-order valence-corrected chi connectivity index (χ4v) is 2.75. The van der Waals surface area contributed by atoms with Crippen LogP contribution in [0.2, 0.25) is 0 Å². The molecule has 5 heteroatoms. The van der Waals surface area contributed by atoms with E-state index in [1.54, 1.807) is 12.1 Å². The summed E-state index contributed by atoms with van der Waals surface area (Å²) in [5, 5.41) is 0.697. The maximum absolute atomic E-state index is 13.4. The number of alkyl halides is 1. The third kappa shape index (κ3) is 3.09. The van der Waals surface area contributed by atoms with Crippen LogP contribution in [0.5, 0.6) is 11.5 Å². The van der Waals surface area contributed by atoms with Crippen molar-refractivity contribution in [2.45, 2.75) is 5.33 Å². The second-order valence-electron chi connectivity index (χ2n) is 3.56. The summed E-state index contributed by atoms with van der Waals surface area (Å²) < 4.78 is 32.5. The first-order chi connectivity index (χ1) is 8.60. The summed E-state index contributed by atoms with van der Waals surface area (Å²) >= 11 is 6.72. The minimum absolute atomic E-state index is 0.131. The van der Waals surface area contributed by atoms with E-state index in [0.29, 0.717) is 11.1 Å². The van der Waals surface area contributed by atoms with Gasteiger partial charge in [-0.25, -0.2) is 8.78 Å². The summed E-state index contributed by atoms with van der Waals surface area (Å²) in [4.78, 5) is 0. The Morgan fingerprint density at radius 1 is 1.06 bits per heavy atom. The van der Waals surface area contributed by atoms with Gasteiger partial charge in [-0.1, -0.05) is 37.9 Å². The van der Waals surface area contributed by atoms with Crippen LogP contribution in [-0.4, -0.2) is 0 Å². The average Bonchev–Trinajstić information content (AvgIpc) is 2.34. The van der Waals surface area contributed by atoms with Gasteiger partial charge in [0.25, 0.3) is 0 Å². The zero-order valence-corrected chi connectivity index (χ0v) is 12.3.